The van der Waals surface area contributed by atoms with Crippen molar-refractivity contribution in [3.8, 4) is 5.75 Å². The molecule has 4 nitrogen and oxygen atoms in total. The summed E-state index contributed by atoms with van der Waals surface area (Å²) in [7, 11) is 0. The normalized spacial score (nSPS) is 10.8. The highest BCUT2D eigenvalue weighted by atomic mass is 16.3. The van der Waals surface area contributed by atoms with Crippen molar-refractivity contribution < 1.29 is 9.90 Å². The van der Waals surface area contributed by atoms with Gasteiger partial charge in [0, 0.05) is 17.8 Å². The van der Waals surface area contributed by atoms with Crippen molar-refractivity contribution in [1.82, 2.24) is 9.97 Å². The standard InChI is InChI=1S/C22H16N2O2/c25-21(18-9-8-17-7-4-11-24-20(17)22(18)26)19-14-16(10-12-23-19)13-15-5-2-1-3-6-15/h1-12,14,26H,13H2. The third kappa shape index (κ3) is 3.05. The Bertz CT molecular complexity index is 1090. The summed E-state index contributed by atoms with van der Waals surface area (Å²) in [6.45, 7) is 0. The van der Waals surface area contributed by atoms with Gasteiger partial charge in [-0.1, -0.05) is 42.5 Å². The predicted molar refractivity (Wildman–Crippen MR) is 100 cm³/mol. The van der Waals surface area contributed by atoms with Crippen molar-refractivity contribution in [3.63, 3.8) is 0 Å². The van der Waals surface area contributed by atoms with Crippen LogP contribution in [-0.2, 0) is 6.42 Å². The number of aromatic hydroxyl groups is 1. The number of pyridine rings is 2. The molecule has 2 aromatic carbocycles. The lowest BCUT2D eigenvalue weighted by Gasteiger charge is -2.08. The molecule has 0 unspecified atom stereocenters. The number of aromatic nitrogens is 2. The van der Waals surface area contributed by atoms with E-state index in [-0.39, 0.29) is 17.1 Å². The van der Waals surface area contributed by atoms with Gasteiger partial charge >= 0.3 is 0 Å². The molecule has 2 heterocycles. The van der Waals surface area contributed by atoms with E-state index in [1.165, 1.54) is 0 Å². The van der Waals surface area contributed by atoms with Gasteiger partial charge < -0.3 is 5.11 Å². The summed E-state index contributed by atoms with van der Waals surface area (Å²) in [5.74, 6) is -0.423. The molecule has 126 valence electrons. The van der Waals surface area contributed by atoms with Crippen LogP contribution >= 0.6 is 0 Å². The van der Waals surface area contributed by atoms with Gasteiger partial charge in [-0.25, -0.2) is 0 Å². The number of carbonyl (C=O) groups excluding carboxylic acids is 1. The quantitative estimate of drug-likeness (QED) is 0.567. The number of rotatable bonds is 4. The zero-order valence-electron chi connectivity index (χ0n) is 14.0. The van der Waals surface area contributed by atoms with Crippen LogP contribution in [0, 0.1) is 0 Å². The third-order valence-corrected chi connectivity index (χ3v) is 4.30. The van der Waals surface area contributed by atoms with Crippen LogP contribution in [-0.4, -0.2) is 20.9 Å². The number of fused-ring (bicyclic) bond motifs is 1. The van der Waals surface area contributed by atoms with Gasteiger partial charge in [0.05, 0.1) is 5.56 Å². The van der Waals surface area contributed by atoms with Crippen LogP contribution in [0.2, 0.25) is 0 Å². The summed E-state index contributed by atoms with van der Waals surface area (Å²) in [5.41, 5.74) is 3.09. The monoisotopic (exact) mass is 340 g/mol. The summed E-state index contributed by atoms with van der Waals surface area (Å²) in [5, 5.41) is 11.3. The van der Waals surface area contributed by atoms with Crippen molar-refractivity contribution in [1.29, 1.82) is 0 Å². The second-order valence-corrected chi connectivity index (χ2v) is 6.08. The fraction of sp³-hybridized carbons (Fsp3) is 0.0455. The Morgan fingerprint density at radius 1 is 0.846 bits per heavy atom. The Labute approximate surface area is 150 Å². The van der Waals surface area contributed by atoms with Gasteiger partial charge in [-0.15, -0.1) is 0 Å². The van der Waals surface area contributed by atoms with E-state index >= 15 is 0 Å². The number of nitrogens with zero attached hydrogens (tertiary/aromatic N) is 2. The van der Waals surface area contributed by atoms with Crippen LogP contribution in [0.25, 0.3) is 10.9 Å². The van der Waals surface area contributed by atoms with Crippen molar-refractivity contribution in [3.05, 3.63) is 102 Å². The van der Waals surface area contributed by atoms with E-state index in [0.717, 1.165) is 22.9 Å². The van der Waals surface area contributed by atoms with Gasteiger partial charge in [0.1, 0.15) is 11.2 Å². The van der Waals surface area contributed by atoms with Crippen LogP contribution in [0.1, 0.15) is 27.2 Å². The predicted octanol–water partition coefficient (Wildman–Crippen LogP) is 4.16. The van der Waals surface area contributed by atoms with Gasteiger partial charge in [0.2, 0.25) is 5.78 Å². The molecule has 0 aliphatic carbocycles. The molecule has 4 rings (SSSR count). The maximum absolute atomic E-state index is 12.9. The average Bonchev–Trinajstić information content (AvgIpc) is 2.69. The fourth-order valence-electron chi connectivity index (χ4n) is 2.99. The number of ketones is 1. The highest BCUT2D eigenvalue weighted by Crippen LogP contribution is 2.28. The second-order valence-electron chi connectivity index (χ2n) is 6.08. The highest BCUT2D eigenvalue weighted by Gasteiger charge is 2.17. The molecule has 0 bridgehead atoms. The summed E-state index contributed by atoms with van der Waals surface area (Å²) >= 11 is 0. The first kappa shape index (κ1) is 16.0. The van der Waals surface area contributed by atoms with Crippen LogP contribution < -0.4 is 0 Å². The van der Waals surface area contributed by atoms with E-state index in [1.807, 2.05) is 42.5 Å². The molecule has 0 saturated heterocycles. The molecule has 0 amide bonds. The van der Waals surface area contributed by atoms with Crippen LogP contribution in [0.3, 0.4) is 0 Å². The van der Waals surface area contributed by atoms with Crippen LogP contribution in [0.15, 0.2) is 79.1 Å². The zero-order chi connectivity index (χ0) is 17.9. The number of carbonyl (C=O) groups is 1. The topological polar surface area (TPSA) is 63.1 Å². The number of phenolic OH excluding ortho intramolecular Hbond substituents is 1. The number of hydrogen-bond donors (Lipinski definition) is 1. The largest absolute Gasteiger partial charge is 0.505 e. The smallest absolute Gasteiger partial charge is 0.215 e. The molecule has 0 aliphatic rings. The molecule has 1 N–H and O–H groups in total. The van der Waals surface area contributed by atoms with E-state index in [1.54, 1.807) is 36.7 Å². The maximum Gasteiger partial charge on any atom is 0.215 e. The summed E-state index contributed by atoms with van der Waals surface area (Å²) in [4.78, 5) is 21.2. The van der Waals surface area contributed by atoms with Crippen molar-refractivity contribution >= 4 is 16.7 Å². The minimum Gasteiger partial charge on any atom is -0.505 e. The average molecular weight is 340 g/mol. The molecule has 0 saturated carbocycles. The first-order valence-corrected chi connectivity index (χ1v) is 8.32. The van der Waals surface area contributed by atoms with Crippen LogP contribution in [0.4, 0.5) is 0 Å². The summed E-state index contributed by atoms with van der Waals surface area (Å²) < 4.78 is 0. The number of hydrogen-bond acceptors (Lipinski definition) is 4. The molecule has 0 atom stereocenters. The van der Waals surface area contributed by atoms with Gasteiger partial charge in [0.15, 0.2) is 5.75 Å². The third-order valence-electron chi connectivity index (χ3n) is 4.30. The molecule has 4 heteroatoms. The molecule has 0 radical (unpaired) electrons. The molecule has 0 aliphatic heterocycles. The fourth-order valence-corrected chi connectivity index (χ4v) is 2.99. The molecule has 2 aromatic heterocycles. The second kappa shape index (κ2) is 6.76. The SMILES string of the molecule is O=C(c1cc(Cc2ccccc2)ccn1)c1ccc2cccnc2c1O. The summed E-state index contributed by atoms with van der Waals surface area (Å²) in [6.07, 6.45) is 3.94. The first-order chi connectivity index (χ1) is 12.7. The Morgan fingerprint density at radius 3 is 2.54 bits per heavy atom. The van der Waals surface area contributed by atoms with E-state index in [9.17, 15) is 9.90 Å². The Hall–Kier alpha value is -3.53. The number of benzene rings is 2. The Morgan fingerprint density at radius 2 is 1.69 bits per heavy atom. The minimum atomic E-state index is -0.315. The van der Waals surface area contributed by atoms with Crippen LogP contribution in [0.5, 0.6) is 5.75 Å². The molecule has 26 heavy (non-hydrogen) atoms. The molecular weight excluding hydrogens is 324 g/mol. The highest BCUT2D eigenvalue weighted by molar-refractivity contribution is 6.12. The maximum atomic E-state index is 12.9. The zero-order valence-corrected chi connectivity index (χ0v) is 14.0. The van der Waals surface area contributed by atoms with Crippen molar-refractivity contribution in [2.45, 2.75) is 6.42 Å². The van der Waals surface area contributed by atoms with E-state index < -0.39 is 0 Å². The molecular formula is C22H16N2O2. The molecule has 0 fully saturated rings. The van der Waals surface area contributed by atoms with Gasteiger partial charge in [-0.05, 0) is 41.8 Å². The van der Waals surface area contributed by atoms with E-state index in [0.29, 0.717) is 11.2 Å². The lowest BCUT2D eigenvalue weighted by atomic mass is 10.0. The van der Waals surface area contributed by atoms with Gasteiger partial charge in [-0.2, -0.15) is 0 Å². The lowest BCUT2D eigenvalue weighted by Crippen LogP contribution is -2.06. The Balaban J connectivity index is 1.69. The van der Waals surface area contributed by atoms with Crippen molar-refractivity contribution in [2.75, 3.05) is 0 Å². The minimum absolute atomic E-state index is 0.108. The van der Waals surface area contributed by atoms with Crippen molar-refractivity contribution in [2.24, 2.45) is 0 Å². The number of phenols is 1. The van der Waals surface area contributed by atoms with E-state index in [2.05, 4.69) is 9.97 Å². The molecule has 4 aromatic rings. The van der Waals surface area contributed by atoms with E-state index in [4.69, 9.17) is 0 Å². The molecule has 0 spiro atoms. The first-order valence-electron chi connectivity index (χ1n) is 8.32. The lowest BCUT2D eigenvalue weighted by molar-refractivity contribution is 0.103. The Kier molecular flexibility index (Phi) is 4.15. The van der Waals surface area contributed by atoms with Gasteiger partial charge in [0.25, 0.3) is 0 Å². The van der Waals surface area contributed by atoms with Gasteiger partial charge in [-0.3, -0.25) is 14.8 Å². The summed E-state index contributed by atoms with van der Waals surface area (Å²) in [6, 6.07) is 20.7.